The highest BCUT2D eigenvalue weighted by atomic mass is 32.2. The lowest BCUT2D eigenvalue weighted by molar-refractivity contribution is 0.0601. The zero-order valence-corrected chi connectivity index (χ0v) is 15.8. The number of aromatic nitrogens is 2. The van der Waals surface area contributed by atoms with E-state index >= 15 is 0 Å². The largest absolute Gasteiger partial charge is 0.465 e. The Kier molecular flexibility index (Phi) is 5.78. The quantitative estimate of drug-likeness (QED) is 0.335. The summed E-state index contributed by atoms with van der Waals surface area (Å²) in [5, 5.41) is 1.10. The van der Waals surface area contributed by atoms with Crippen molar-refractivity contribution >= 4 is 28.6 Å². The molecule has 1 unspecified atom stereocenters. The monoisotopic (exact) mass is 374 g/mol. The number of methoxy groups -OCH3 is 1. The van der Waals surface area contributed by atoms with Crippen LogP contribution in [0.1, 0.15) is 30.1 Å². The summed E-state index contributed by atoms with van der Waals surface area (Å²) in [6, 6.07) is 4.83. The first-order chi connectivity index (χ1) is 12.5. The second-order valence-corrected chi connectivity index (χ2v) is 7.36. The molecule has 1 atom stereocenters. The molecule has 2 heterocycles. The summed E-state index contributed by atoms with van der Waals surface area (Å²) in [5.41, 5.74) is 1.74. The average molecular weight is 374 g/mol. The summed E-state index contributed by atoms with van der Waals surface area (Å²) in [6.45, 7) is 7.07. The van der Waals surface area contributed by atoms with Gasteiger partial charge < -0.3 is 9.47 Å². The van der Waals surface area contributed by atoms with E-state index in [0.717, 1.165) is 25.0 Å². The van der Waals surface area contributed by atoms with Crippen LogP contribution in [0, 0.1) is 0 Å². The highest BCUT2D eigenvalue weighted by Gasteiger charge is 2.20. The molecular formula is C19H22N2O4S. The van der Waals surface area contributed by atoms with Crippen LogP contribution in [0.25, 0.3) is 10.9 Å². The fourth-order valence-electron chi connectivity index (χ4n) is 2.90. The number of fused-ring (bicyclic) bond motifs is 1. The number of benzene rings is 1. The van der Waals surface area contributed by atoms with Gasteiger partial charge in [0.1, 0.15) is 0 Å². The van der Waals surface area contributed by atoms with Gasteiger partial charge in [-0.2, -0.15) is 0 Å². The van der Waals surface area contributed by atoms with E-state index in [1.54, 1.807) is 22.8 Å². The van der Waals surface area contributed by atoms with Crippen molar-refractivity contribution in [3.05, 3.63) is 46.3 Å². The number of rotatable bonds is 6. The normalized spacial score (nSPS) is 16.8. The number of hydrogen-bond acceptors (Lipinski definition) is 6. The molecular weight excluding hydrogens is 352 g/mol. The van der Waals surface area contributed by atoms with Gasteiger partial charge in [-0.15, -0.1) is 0 Å². The van der Waals surface area contributed by atoms with Crippen molar-refractivity contribution < 1.29 is 14.3 Å². The molecule has 0 bridgehead atoms. The molecule has 26 heavy (non-hydrogen) atoms. The summed E-state index contributed by atoms with van der Waals surface area (Å²) in [4.78, 5) is 29.5. The number of esters is 1. The fraction of sp³-hybridized carbons (Fsp3) is 0.421. The number of thioether (sulfide) groups is 1. The zero-order chi connectivity index (χ0) is 18.7. The van der Waals surface area contributed by atoms with Crippen LogP contribution in [-0.4, -0.2) is 41.1 Å². The Labute approximate surface area is 156 Å². The SMILES string of the molecule is C=C(C)CSc1nc2cc(C(=O)OC)ccc2c(=O)n1CC1CCCO1. The lowest BCUT2D eigenvalue weighted by Crippen LogP contribution is -2.29. The fourth-order valence-corrected chi connectivity index (χ4v) is 3.75. The van der Waals surface area contributed by atoms with Crippen LogP contribution in [-0.2, 0) is 16.0 Å². The molecule has 1 aromatic carbocycles. The Morgan fingerprint density at radius 3 is 2.96 bits per heavy atom. The number of nitrogens with zero attached hydrogens (tertiary/aromatic N) is 2. The second kappa shape index (κ2) is 8.05. The van der Waals surface area contributed by atoms with E-state index < -0.39 is 5.97 Å². The van der Waals surface area contributed by atoms with Gasteiger partial charge in [-0.1, -0.05) is 23.9 Å². The third-order valence-corrected chi connectivity index (χ3v) is 5.41. The maximum atomic E-state index is 13.0. The standard InChI is InChI=1S/C19H22N2O4S/c1-12(2)11-26-19-20-16-9-13(18(23)24-3)6-7-15(16)17(22)21(19)10-14-5-4-8-25-14/h6-7,9,14H,1,4-5,8,10-11H2,2-3H3. The molecule has 2 aromatic rings. The Morgan fingerprint density at radius 1 is 1.50 bits per heavy atom. The van der Waals surface area contributed by atoms with Gasteiger partial charge in [-0.3, -0.25) is 9.36 Å². The molecule has 0 amide bonds. The van der Waals surface area contributed by atoms with Crippen LogP contribution in [0.5, 0.6) is 0 Å². The van der Waals surface area contributed by atoms with Crippen LogP contribution in [0.15, 0.2) is 40.3 Å². The van der Waals surface area contributed by atoms with Gasteiger partial charge in [0.25, 0.3) is 5.56 Å². The first kappa shape index (κ1) is 18.7. The van der Waals surface area contributed by atoms with Crippen LogP contribution < -0.4 is 5.56 Å². The maximum Gasteiger partial charge on any atom is 0.337 e. The molecule has 6 nitrogen and oxygen atoms in total. The molecule has 3 rings (SSSR count). The minimum absolute atomic E-state index is 0.0328. The summed E-state index contributed by atoms with van der Waals surface area (Å²) in [7, 11) is 1.33. The minimum Gasteiger partial charge on any atom is -0.465 e. The minimum atomic E-state index is -0.451. The number of hydrogen-bond donors (Lipinski definition) is 0. The lowest BCUT2D eigenvalue weighted by atomic mass is 10.1. The van der Waals surface area contributed by atoms with Crippen LogP contribution >= 0.6 is 11.8 Å². The molecule has 7 heteroatoms. The maximum absolute atomic E-state index is 13.0. The van der Waals surface area contributed by atoms with E-state index in [-0.39, 0.29) is 11.7 Å². The van der Waals surface area contributed by atoms with E-state index in [1.807, 2.05) is 6.92 Å². The van der Waals surface area contributed by atoms with Crippen molar-refractivity contribution in [3.63, 3.8) is 0 Å². The molecule has 1 aliphatic heterocycles. The van der Waals surface area contributed by atoms with E-state index in [1.165, 1.54) is 18.9 Å². The third kappa shape index (κ3) is 3.99. The molecule has 1 fully saturated rings. The summed E-state index contributed by atoms with van der Waals surface area (Å²) < 4.78 is 12.1. The smallest absolute Gasteiger partial charge is 0.337 e. The van der Waals surface area contributed by atoms with Crippen molar-refractivity contribution in [2.24, 2.45) is 0 Å². The lowest BCUT2D eigenvalue weighted by Gasteiger charge is -2.16. The summed E-state index contributed by atoms with van der Waals surface area (Å²) >= 11 is 1.47. The van der Waals surface area contributed by atoms with Crippen LogP contribution in [0.3, 0.4) is 0 Å². The molecule has 1 aliphatic rings. The molecule has 0 radical (unpaired) electrons. The third-order valence-electron chi connectivity index (χ3n) is 4.20. The first-order valence-corrected chi connectivity index (χ1v) is 9.50. The highest BCUT2D eigenvalue weighted by molar-refractivity contribution is 7.99. The van der Waals surface area contributed by atoms with Crippen molar-refractivity contribution in [2.75, 3.05) is 19.5 Å². The molecule has 1 saturated heterocycles. The van der Waals surface area contributed by atoms with Crippen LogP contribution in [0.2, 0.25) is 0 Å². The van der Waals surface area contributed by atoms with Gasteiger partial charge >= 0.3 is 5.97 Å². The Hall–Kier alpha value is -2.12. The number of carbonyl (C=O) groups is 1. The van der Waals surface area contributed by atoms with E-state index in [9.17, 15) is 9.59 Å². The van der Waals surface area contributed by atoms with Crippen molar-refractivity contribution in [2.45, 2.75) is 37.6 Å². The van der Waals surface area contributed by atoms with E-state index in [0.29, 0.717) is 33.9 Å². The van der Waals surface area contributed by atoms with Crippen molar-refractivity contribution in [1.82, 2.24) is 9.55 Å². The predicted octanol–water partition coefficient (Wildman–Crippen LogP) is 3.03. The number of ether oxygens (including phenoxy) is 2. The van der Waals surface area contributed by atoms with Crippen molar-refractivity contribution in [3.8, 4) is 0 Å². The number of carbonyl (C=O) groups excluding carboxylic acids is 1. The molecule has 138 valence electrons. The van der Waals surface area contributed by atoms with E-state index in [4.69, 9.17) is 9.47 Å². The Balaban J connectivity index is 2.08. The van der Waals surface area contributed by atoms with Crippen molar-refractivity contribution in [1.29, 1.82) is 0 Å². The molecule has 0 aliphatic carbocycles. The van der Waals surface area contributed by atoms with Gasteiger partial charge in [0, 0.05) is 12.4 Å². The molecule has 1 aromatic heterocycles. The molecule has 0 saturated carbocycles. The molecule has 0 N–H and O–H groups in total. The summed E-state index contributed by atoms with van der Waals surface area (Å²) in [6.07, 6.45) is 1.98. The van der Waals surface area contributed by atoms with Gasteiger partial charge in [-0.25, -0.2) is 9.78 Å². The van der Waals surface area contributed by atoms with Crippen LogP contribution in [0.4, 0.5) is 0 Å². The first-order valence-electron chi connectivity index (χ1n) is 8.51. The zero-order valence-electron chi connectivity index (χ0n) is 15.0. The van der Waals surface area contributed by atoms with Gasteiger partial charge in [0.2, 0.25) is 0 Å². The Morgan fingerprint density at radius 2 is 2.31 bits per heavy atom. The predicted molar refractivity (Wildman–Crippen MR) is 102 cm³/mol. The van der Waals surface area contributed by atoms with Gasteiger partial charge in [-0.05, 0) is 38.0 Å². The average Bonchev–Trinajstić information content (AvgIpc) is 3.14. The molecule has 0 spiro atoms. The van der Waals surface area contributed by atoms with Gasteiger partial charge in [0.05, 0.1) is 36.2 Å². The van der Waals surface area contributed by atoms with E-state index in [2.05, 4.69) is 11.6 Å². The summed E-state index contributed by atoms with van der Waals surface area (Å²) in [5.74, 6) is 0.216. The highest BCUT2D eigenvalue weighted by Crippen LogP contribution is 2.23. The Bertz CT molecular complexity index is 900. The van der Waals surface area contributed by atoms with Gasteiger partial charge in [0.15, 0.2) is 5.16 Å². The second-order valence-electron chi connectivity index (χ2n) is 6.41. The topological polar surface area (TPSA) is 70.4 Å².